The molecule has 1 rings (SSSR count). The maximum absolute atomic E-state index is 11.3. The van der Waals surface area contributed by atoms with Gasteiger partial charge in [0.05, 0.1) is 19.8 Å². The second-order valence-corrected chi connectivity index (χ2v) is 7.45. The minimum atomic E-state index is -3.52. The van der Waals surface area contributed by atoms with Gasteiger partial charge in [-0.05, 0) is 20.8 Å². The molecule has 0 radical (unpaired) electrons. The van der Waals surface area contributed by atoms with Crippen LogP contribution in [0.4, 0.5) is 0 Å². The zero-order valence-electron chi connectivity index (χ0n) is 13.0. The van der Waals surface area contributed by atoms with Crippen molar-refractivity contribution in [2.45, 2.75) is 20.8 Å². The normalized spacial score (nSPS) is 11.2. The fraction of sp³-hybridized carbons (Fsp3) is 0.400. The van der Waals surface area contributed by atoms with E-state index in [1.54, 1.807) is 24.3 Å². The van der Waals surface area contributed by atoms with Crippen molar-refractivity contribution in [3.63, 3.8) is 0 Å². The van der Waals surface area contributed by atoms with E-state index >= 15 is 0 Å². The van der Waals surface area contributed by atoms with E-state index in [1.807, 2.05) is 6.07 Å². The van der Waals surface area contributed by atoms with Gasteiger partial charge in [0.1, 0.15) is 0 Å². The van der Waals surface area contributed by atoms with Crippen LogP contribution in [-0.4, -0.2) is 46.0 Å². The third-order valence-corrected chi connectivity index (χ3v) is 5.14. The first kappa shape index (κ1) is 18.4. The number of Topliss-reactive ketones (excluding diaryl/α,β-unsaturated/α-hetero) is 3. The monoisotopic (exact) mass is 324 g/mol. The highest BCUT2D eigenvalue weighted by Gasteiger charge is 2.45. The maximum Gasteiger partial charge on any atom is 0.538 e. The Balaban J connectivity index is 3.11. The molecule has 0 atom stereocenters. The number of rotatable bonds is 10. The predicted molar refractivity (Wildman–Crippen MR) is 81.7 cm³/mol. The Morgan fingerprint density at radius 3 is 1.45 bits per heavy atom. The summed E-state index contributed by atoms with van der Waals surface area (Å²) in [5, 5.41) is 0.596. The van der Waals surface area contributed by atoms with E-state index in [-0.39, 0.29) is 37.2 Å². The summed E-state index contributed by atoms with van der Waals surface area (Å²) in [6.07, 6.45) is 0. The van der Waals surface area contributed by atoms with Gasteiger partial charge in [0.15, 0.2) is 17.3 Å². The molecule has 1 aromatic carbocycles. The molecule has 0 aliphatic heterocycles. The topological polar surface area (TPSA) is 78.9 Å². The molecule has 0 heterocycles. The van der Waals surface area contributed by atoms with Gasteiger partial charge in [0.25, 0.3) is 0 Å². The second-order valence-electron chi connectivity index (χ2n) is 4.89. The standard InChI is InChI=1S/C15H20O6Si/c1-12(16)9-19-22(20-10-13(2)17,21-11-14(3)18)15-7-5-4-6-8-15/h4-8H,9-11H2,1-3H3. The van der Waals surface area contributed by atoms with Crippen molar-refractivity contribution in [2.75, 3.05) is 19.8 Å². The average Bonchev–Trinajstić information content (AvgIpc) is 2.47. The SMILES string of the molecule is CC(=O)CO[Si](OCC(C)=O)(OCC(C)=O)c1ccccc1. The smallest absolute Gasteiger partial charge is 0.362 e. The van der Waals surface area contributed by atoms with Crippen LogP contribution in [0.25, 0.3) is 0 Å². The lowest BCUT2D eigenvalue weighted by molar-refractivity contribution is -0.122. The first-order valence-electron chi connectivity index (χ1n) is 6.81. The Labute approximate surface area is 130 Å². The average molecular weight is 324 g/mol. The molecule has 6 nitrogen and oxygen atoms in total. The Morgan fingerprint density at radius 1 is 0.773 bits per heavy atom. The van der Waals surface area contributed by atoms with Crippen LogP contribution in [0.3, 0.4) is 0 Å². The molecular weight excluding hydrogens is 304 g/mol. The van der Waals surface area contributed by atoms with Crippen molar-refractivity contribution in [3.8, 4) is 0 Å². The number of hydrogen-bond acceptors (Lipinski definition) is 6. The van der Waals surface area contributed by atoms with E-state index in [0.29, 0.717) is 5.19 Å². The molecule has 0 saturated heterocycles. The number of hydrogen-bond donors (Lipinski definition) is 0. The fourth-order valence-electron chi connectivity index (χ4n) is 1.61. The summed E-state index contributed by atoms with van der Waals surface area (Å²) in [6, 6.07) is 8.80. The zero-order valence-corrected chi connectivity index (χ0v) is 14.0. The van der Waals surface area contributed by atoms with Crippen molar-refractivity contribution >= 4 is 31.3 Å². The summed E-state index contributed by atoms with van der Waals surface area (Å²) in [6.45, 7) is 3.49. The fourth-order valence-corrected chi connectivity index (χ4v) is 4.14. The lowest BCUT2D eigenvalue weighted by atomic mass is 10.4. The molecule has 120 valence electrons. The summed E-state index contributed by atoms with van der Waals surface area (Å²) in [5.74, 6) is -0.609. The van der Waals surface area contributed by atoms with E-state index in [0.717, 1.165) is 0 Å². The molecule has 0 aromatic heterocycles. The number of carbonyl (C=O) groups is 3. The lowest BCUT2D eigenvalue weighted by Crippen LogP contribution is -2.58. The molecule has 22 heavy (non-hydrogen) atoms. The molecule has 7 heteroatoms. The number of ketones is 3. The molecule has 0 N–H and O–H groups in total. The van der Waals surface area contributed by atoms with E-state index in [4.69, 9.17) is 13.3 Å². The van der Waals surface area contributed by atoms with Gasteiger partial charge in [0.2, 0.25) is 0 Å². The molecule has 0 fully saturated rings. The van der Waals surface area contributed by atoms with Crippen LogP contribution < -0.4 is 5.19 Å². The highest BCUT2D eigenvalue weighted by Crippen LogP contribution is 2.11. The third kappa shape index (κ3) is 5.98. The molecule has 0 aliphatic rings. The highest BCUT2D eigenvalue weighted by molar-refractivity contribution is 6.75. The first-order chi connectivity index (χ1) is 10.4. The van der Waals surface area contributed by atoms with Gasteiger partial charge in [-0.2, -0.15) is 0 Å². The molecule has 0 aliphatic carbocycles. The first-order valence-corrected chi connectivity index (χ1v) is 8.54. The number of carbonyl (C=O) groups excluding carboxylic acids is 3. The van der Waals surface area contributed by atoms with Crippen LogP contribution >= 0.6 is 0 Å². The molecule has 1 aromatic rings. The van der Waals surface area contributed by atoms with Crippen molar-refractivity contribution in [3.05, 3.63) is 30.3 Å². The zero-order chi connectivity index (χ0) is 16.6. The van der Waals surface area contributed by atoms with E-state index < -0.39 is 8.80 Å². The van der Waals surface area contributed by atoms with Crippen molar-refractivity contribution in [2.24, 2.45) is 0 Å². The second kappa shape index (κ2) is 8.69. The quantitative estimate of drug-likeness (QED) is 0.588. The van der Waals surface area contributed by atoms with Gasteiger partial charge in [-0.1, -0.05) is 30.3 Å². The van der Waals surface area contributed by atoms with Gasteiger partial charge in [-0.15, -0.1) is 0 Å². The maximum atomic E-state index is 11.3. The van der Waals surface area contributed by atoms with E-state index in [2.05, 4.69) is 0 Å². The minimum absolute atomic E-state index is 0.203. The van der Waals surface area contributed by atoms with E-state index in [9.17, 15) is 14.4 Å². The van der Waals surface area contributed by atoms with Gasteiger partial charge >= 0.3 is 8.80 Å². The van der Waals surface area contributed by atoms with Crippen LogP contribution in [0.2, 0.25) is 0 Å². The Kier molecular flexibility index (Phi) is 7.26. The summed E-state index contributed by atoms with van der Waals surface area (Å²) < 4.78 is 16.9. The predicted octanol–water partition coefficient (Wildman–Crippen LogP) is 0.649. The summed E-state index contributed by atoms with van der Waals surface area (Å²) in [5.41, 5.74) is 0. The van der Waals surface area contributed by atoms with E-state index in [1.165, 1.54) is 20.8 Å². The van der Waals surface area contributed by atoms with Crippen molar-refractivity contribution < 1.29 is 27.7 Å². The minimum Gasteiger partial charge on any atom is -0.362 e. The van der Waals surface area contributed by atoms with Crippen LogP contribution in [0.15, 0.2) is 30.3 Å². The summed E-state index contributed by atoms with van der Waals surface area (Å²) in [7, 11) is -3.52. The largest absolute Gasteiger partial charge is 0.538 e. The highest BCUT2D eigenvalue weighted by atomic mass is 28.4. The van der Waals surface area contributed by atoms with Gasteiger partial charge in [0, 0.05) is 5.19 Å². The third-order valence-electron chi connectivity index (χ3n) is 2.52. The van der Waals surface area contributed by atoms with Crippen LogP contribution in [0.1, 0.15) is 20.8 Å². The molecule has 0 saturated carbocycles. The number of benzene rings is 1. The van der Waals surface area contributed by atoms with Gasteiger partial charge < -0.3 is 13.3 Å². The Bertz CT molecular complexity index is 483. The Morgan fingerprint density at radius 2 is 1.14 bits per heavy atom. The van der Waals surface area contributed by atoms with Crippen LogP contribution in [0, 0.1) is 0 Å². The van der Waals surface area contributed by atoms with Gasteiger partial charge in [-0.3, -0.25) is 14.4 Å². The summed E-state index contributed by atoms with van der Waals surface area (Å²) in [4.78, 5) is 33.8. The lowest BCUT2D eigenvalue weighted by Gasteiger charge is -2.28. The molecule has 0 amide bonds. The molecule has 0 unspecified atom stereocenters. The van der Waals surface area contributed by atoms with Crippen LogP contribution in [0.5, 0.6) is 0 Å². The molecular formula is C15H20O6Si. The van der Waals surface area contributed by atoms with Gasteiger partial charge in [-0.25, -0.2) is 0 Å². The van der Waals surface area contributed by atoms with Crippen molar-refractivity contribution in [1.29, 1.82) is 0 Å². The van der Waals surface area contributed by atoms with Crippen molar-refractivity contribution in [1.82, 2.24) is 0 Å². The van der Waals surface area contributed by atoms with Crippen LogP contribution in [-0.2, 0) is 27.7 Å². The molecule has 0 spiro atoms. The Hall–Kier alpha value is -1.67. The summed E-state index contributed by atoms with van der Waals surface area (Å²) >= 11 is 0. The molecule has 0 bridgehead atoms.